The molecule has 0 saturated heterocycles. The molecule has 116 valence electrons. The Hall–Kier alpha value is -2.18. The molecule has 0 fully saturated rings. The van der Waals surface area contributed by atoms with E-state index >= 15 is 0 Å². The number of halogens is 2. The van der Waals surface area contributed by atoms with Crippen LogP contribution in [-0.4, -0.2) is 23.6 Å². The first-order valence-corrected chi connectivity index (χ1v) is 6.36. The van der Waals surface area contributed by atoms with Gasteiger partial charge in [0.2, 0.25) is 5.91 Å². The topological polar surface area (TPSA) is 75.6 Å². The number of rotatable bonds is 7. The summed E-state index contributed by atoms with van der Waals surface area (Å²) in [4.78, 5) is 22.6. The lowest BCUT2D eigenvalue weighted by atomic mass is 9.95. The summed E-state index contributed by atoms with van der Waals surface area (Å²) in [5.74, 6) is -3.12. The molecule has 0 aromatic heterocycles. The van der Waals surface area contributed by atoms with Crippen molar-refractivity contribution in [2.45, 2.75) is 27.0 Å². The number of alkyl halides is 2. The Labute approximate surface area is 120 Å². The van der Waals surface area contributed by atoms with Gasteiger partial charge in [0, 0.05) is 18.0 Å². The smallest absolute Gasteiger partial charge is 0.387 e. The standard InChI is InChI=1S/C14H17F2NO4/c1-8(9(2)13(19)20)12(18)17-7-10-5-3-4-6-11(10)21-14(15)16/h3-6,8-9,14H,7H2,1-2H3,(H,17,18)(H,19,20). The number of carbonyl (C=O) groups excluding carboxylic acids is 1. The third-order valence-corrected chi connectivity index (χ3v) is 3.19. The van der Waals surface area contributed by atoms with Gasteiger partial charge in [0.1, 0.15) is 5.75 Å². The molecule has 1 rings (SSSR count). The molecule has 0 aliphatic carbocycles. The van der Waals surface area contributed by atoms with Gasteiger partial charge in [-0.1, -0.05) is 32.0 Å². The number of ether oxygens (including phenoxy) is 1. The van der Waals surface area contributed by atoms with E-state index in [1.807, 2.05) is 0 Å². The number of carbonyl (C=O) groups is 2. The fourth-order valence-corrected chi connectivity index (χ4v) is 1.65. The van der Waals surface area contributed by atoms with Crippen molar-refractivity contribution < 1.29 is 28.2 Å². The Morgan fingerprint density at radius 3 is 2.43 bits per heavy atom. The molecule has 1 amide bonds. The first-order valence-electron chi connectivity index (χ1n) is 6.36. The maximum Gasteiger partial charge on any atom is 0.387 e. The van der Waals surface area contributed by atoms with E-state index in [4.69, 9.17) is 5.11 Å². The number of nitrogens with one attached hydrogen (secondary N) is 1. The largest absolute Gasteiger partial charge is 0.481 e. The minimum atomic E-state index is -2.95. The molecule has 2 unspecified atom stereocenters. The summed E-state index contributed by atoms with van der Waals surface area (Å²) < 4.78 is 28.8. The highest BCUT2D eigenvalue weighted by Crippen LogP contribution is 2.20. The molecule has 2 atom stereocenters. The number of benzene rings is 1. The quantitative estimate of drug-likeness (QED) is 0.810. The number of hydrogen-bond donors (Lipinski definition) is 2. The van der Waals surface area contributed by atoms with Crippen LogP contribution < -0.4 is 10.1 Å². The molecular formula is C14H17F2NO4. The average molecular weight is 301 g/mol. The lowest BCUT2D eigenvalue weighted by Crippen LogP contribution is -2.34. The fourth-order valence-electron chi connectivity index (χ4n) is 1.65. The fraction of sp³-hybridized carbons (Fsp3) is 0.429. The SMILES string of the molecule is CC(C(=O)O)C(C)C(=O)NCc1ccccc1OC(F)F. The van der Waals surface area contributed by atoms with Gasteiger partial charge in [-0.2, -0.15) is 8.78 Å². The number of para-hydroxylation sites is 1. The molecular weight excluding hydrogens is 284 g/mol. The van der Waals surface area contributed by atoms with E-state index in [0.29, 0.717) is 5.56 Å². The minimum Gasteiger partial charge on any atom is -0.481 e. The normalized spacial score (nSPS) is 13.6. The van der Waals surface area contributed by atoms with Crippen LogP contribution in [0.2, 0.25) is 0 Å². The highest BCUT2D eigenvalue weighted by molar-refractivity contribution is 5.84. The second-order valence-corrected chi connectivity index (χ2v) is 4.62. The second kappa shape index (κ2) is 7.56. The Kier molecular flexibility index (Phi) is 6.08. The molecule has 0 saturated carbocycles. The van der Waals surface area contributed by atoms with Gasteiger partial charge in [0.25, 0.3) is 0 Å². The lowest BCUT2D eigenvalue weighted by molar-refractivity contribution is -0.146. The molecule has 7 heteroatoms. The van der Waals surface area contributed by atoms with Crippen LogP contribution >= 0.6 is 0 Å². The maximum absolute atomic E-state index is 12.2. The summed E-state index contributed by atoms with van der Waals surface area (Å²) in [6.45, 7) is -0.0399. The third-order valence-electron chi connectivity index (χ3n) is 3.19. The zero-order chi connectivity index (χ0) is 16.0. The zero-order valence-corrected chi connectivity index (χ0v) is 11.7. The van der Waals surface area contributed by atoms with Crippen molar-refractivity contribution in [2.75, 3.05) is 0 Å². The van der Waals surface area contributed by atoms with Crippen LogP contribution in [0.4, 0.5) is 8.78 Å². The van der Waals surface area contributed by atoms with Crippen LogP contribution in [0.15, 0.2) is 24.3 Å². The molecule has 0 heterocycles. The van der Waals surface area contributed by atoms with Crippen LogP contribution in [-0.2, 0) is 16.1 Å². The lowest BCUT2D eigenvalue weighted by Gasteiger charge is -2.16. The molecule has 2 N–H and O–H groups in total. The van der Waals surface area contributed by atoms with Gasteiger partial charge in [-0.15, -0.1) is 0 Å². The molecule has 5 nitrogen and oxygen atoms in total. The van der Waals surface area contributed by atoms with E-state index < -0.39 is 30.3 Å². The van der Waals surface area contributed by atoms with Gasteiger partial charge in [-0.3, -0.25) is 9.59 Å². The number of carboxylic acids is 1. The van der Waals surface area contributed by atoms with Crippen molar-refractivity contribution >= 4 is 11.9 Å². The van der Waals surface area contributed by atoms with Crippen molar-refractivity contribution in [2.24, 2.45) is 11.8 Å². The summed E-state index contributed by atoms with van der Waals surface area (Å²) in [6, 6.07) is 6.08. The first kappa shape index (κ1) is 16.9. The van der Waals surface area contributed by atoms with Gasteiger partial charge >= 0.3 is 12.6 Å². The highest BCUT2D eigenvalue weighted by Gasteiger charge is 2.25. The van der Waals surface area contributed by atoms with E-state index in [0.717, 1.165) is 0 Å². The predicted molar refractivity (Wildman–Crippen MR) is 70.9 cm³/mol. The summed E-state index contributed by atoms with van der Waals surface area (Å²) in [7, 11) is 0. The number of carboxylic acid groups (broad SMARTS) is 1. The summed E-state index contributed by atoms with van der Waals surface area (Å²) in [5.41, 5.74) is 0.390. The second-order valence-electron chi connectivity index (χ2n) is 4.62. The van der Waals surface area contributed by atoms with Crippen molar-refractivity contribution in [3.63, 3.8) is 0 Å². The number of hydrogen-bond acceptors (Lipinski definition) is 3. The maximum atomic E-state index is 12.2. The Balaban J connectivity index is 2.67. The average Bonchev–Trinajstić information content (AvgIpc) is 2.43. The molecule has 1 aromatic rings. The molecule has 0 radical (unpaired) electrons. The van der Waals surface area contributed by atoms with E-state index in [1.54, 1.807) is 12.1 Å². The molecule has 0 bridgehead atoms. The van der Waals surface area contributed by atoms with Gasteiger partial charge in [0.05, 0.1) is 5.92 Å². The van der Waals surface area contributed by atoms with Crippen molar-refractivity contribution in [3.8, 4) is 5.75 Å². The molecule has 0 aliphatic heterocycles. The Bertz CT molecular complexity index is 508. The van der Waals surface area contributed by atoms with Gasteiger partial charge in [0.15, 0.2) is 0 Å². The predicted octanol–water partition coefficient (Wildman–Crippen LogP) is 2.26. The van der Waals surface area contributed by atoms with Crippen LogP contribution in [0.3, 0.4) is 0 Å². The molecule has 1 aromatic carbocycles. The third kappa shape index (κ3) is 5.02. The van der Waals surface area contributed by atoms with Gasteiger partial charge in [-0.05, 0) is 6.07 Å². The molecule has 0 spiro atoms. The monoisotopic (exact) mass is 301 g/mol. The van der Waals surface area contributed by atoms with Crippen LogP contribution in [0.25, 0.3) is 0 Å². The first-order chi connectivity index (χ1) is 9.82. The van der Waals surface area contributed by atoms with Crippen LogP contribution in [0.1, 0.15) is 19.4 Å². The highest BCUT2D eigenvalue weighted by atomic mass is 19.3. The van der Waals surface area contributed by atoms with Gasteiger partial charge < -0.3 is 15.2 Å². The van der Waals surface area contributed by atoms with Crippen LogP contribution in [0, 0.1) is 11.8 Å². The van der Waals surface area contributed by atoms with Crippen LogP contribution in [0.5, 0.6) is 5.75 Å². The number of aliphatic carboxylic acids is 1. The van der Waals surface area contributed by atoms with Crippen molar-refractivity contribution in [3.05, 3.63) is 29.8 Å². The van der Waals surface area contributed by atoms with E-state index in [1.165, 1.54) is 26.0 Å². The van der Waals surface area contributed by atoms with Crippen molar-refractivity contribution in [1.82, 2.24) is 5.32 Å². The van der Waals surface area contributed by atoms with E-state index in [2.05, 4.69) is 10.1 Å². The van der Waals surface area contributed by atoms with Crippen molar-refractivity contribution in [1.29, 1.82) is 0 Å². The zero-order valence-electron chi connectivity index (χ0n) is 11.7. The molecule has 0 aliphatic rings. The van der Waals surface area contributed by atoms with E-state index in [-0.39, 0.29) is 12.3 Å². The Morgan fingerprint density at radius 2 is 1.86 bits per heavy atom. The summed E-state index contributed by atoms with van der Waals surface area (Å²) >= 11 is 0. The number of amides is 1. The summed E-state index contributed by atoms with van der Waals surface area (Å²) in [5, 5.41) is 11.4. The Morgan fingerprint density at radius 1 is 1.24 bits per heavy atom. The van der Waals surface area contributed by atoms with E-state index in [9.17, 15) is 18.4 Å². The van der Waals surface area contributed by atoms with Gasteiger partial charge in [-0.25, -0.2) is 0 Å². The minimum absolute atomic E-state index is 0.0155. The molecule has 21 heavy (non-hydrogen) atoms. The summed E-state index contributed by atoms with van der Waals surface area (Å²) in [6.07, 6.45) is 0.